The zero-order valence-electron chi connectivity index (χ0n) is 25.3. The average Bonchev–Trinajstić information content (AvgIpc) is 3.18. The van der Waals surface area contributed by atoms with E-state index in [1.807, 2.05) is 20.8 Å². The summed E-state index contributed by atoms with van der Waals surface area (Å²) in [6.45, 7) is 13.7. The van der Waals surface area contributed by atoms with E-state index in [4.69, 9.17) is 9.47 Å². The first-order valence-corrected chi connectivity index (χ1v) is 14.9. The van der Waals surface area contributed by atoms with Crippen LogP contribution >= 0.6 is 0 Å². The Labute approximate surface area is 230 Å². The fourth-order valence-corrected chi connectivity index (χ4v) is 9.47. The summed E-state index contributed by atoms with van der Waals surface area (Å²) in [6, 6.07) is 0.567. The number of rotatable bonds is 6. The van der Waals surface area contributed by atoms with Gasteiger partial charge in [-0.1, -0.05) is 25.0 Å². The maximum absolute atomic E-state index is 13.5. The van der Waals surface area contributed by atoms with E-state index in [9.17, 15) is 14.4 Å². The zero-order valence-corrected chi connectivity index (χ0v) is 25.3. The second-order valence-electron chi connectivity index (χ2n) is 14.0. The van der Waals surface area contributed by atoms with E-state index in [1.54, 1.807) is 6.92 Å². The van der Waals surface area contributed by atoms with Crippen LogP contribution in [0.3, 0.4) is 0 Å². The number of carbonyl (C=O) groups excluding carboxylic acids is 3. The summed E-state index contributed by atoms with van der Waals surface area (Å²) in [5.74, 6) is 0.650. The number of nitrogens with zero attached hydrogens (tertiary/aromatic N) is 1. The van der Waals surface area contributed by atoms with Crippen LogP contribution in [0, 0.1) is 40.4 Å². The molecule has 6 nitrogen and oxygen atoms in total. The first-order valence-electron chi connectivity index (χ1n) is 14.9. The van der Waals surface area contributed by atoms with Gasteiger partial charge in [0.15, 0.2) is 0 Å². The molecular formula is C32H51NO5. The van der Waals surface area contributed by atoms with Crippen molar-refractivity contribution in [2.45, 2.75) is 118 Å². The van der Waals surface area contributed by atoms with Gasteiger partial charge in [-0.05, 0) is 110 Å². The van der Waals surface area contributed by atoms with Gasteiger partial charge in [-0.15, -0.1) is 0 Å². The molecule has 0 aromatic carbocycles. The van der Waals surface area contributed by atoms with Crippen LogP contribution in [0.15, 0.2) is 11.1 Å². The maximum Gasteiger partial charge on any atom is 0.310 e. The zero-order chi connectivity index (χ0) is 28.2. The molecule has 0 N–H and O–H groups in total. The van der Waals surface area contributed by atoms with Crippen molar-refractivity contribution in [3.8, 4) is 0 Å². The van der Waals surface area contributed by atoms with Gasteiger partial charge in [-0.2, -0.15) is 0 Å². The minimum atomic E-state index is -0.610. The Kier molecular flexibility index (Phi) is 8.25. The second kappa shape index (κ2) is 10.7. The highest BCUT2D eigenvalue weighted by Crippen LogP contribution is 2.68. The Hall–Kier alpha value is -1.69. The van der Waals surface area contributed by atoms with E-state index < -0.39 is 17.6 Å². The quantitative estimate of drug-likeness (QED) is 0.312. The van der Waals surface area contributed by atoms with Crippen molar-refractivity contribution in [1.82, 2.24) is 4.90 Å². The Morgan fingerprint density at radius 3 is 2.16 bits per heavy atom. The lowest BCUT2D eigenvalue weighted by Crippen LogP contribution is -2.67. The number of fused-ring (bicyclic) bond motifs is 5. The van der Waals surface area contributed by atoms with Crippen LogP contribution in [-0.4, -0.2) is 55.0 Å². The third-order valence-electron chi connectivity index (χ3n) is 11.7. The summed E-state index contributed by atoms with van der Waals surface area (Å²) in [5, 5.41) is 0. The third-order valence-corrected chi connectivity index (χ3v) is 11.7. The largest absolute Gasteiger partial charge is 0.458 e. The molecule has 0 heterocycles. The second-order valence-corrected chi connectivity index (χ2v) is 14.0. The van der Waals surface area contributed by atoms with Gasteiger partial charge in [0.25, 0.3) is 0 Å². The third kappa shape index (κ3) is 4.88. The number of ketones is 1. The molecule has 4 saturated carbocycles. The van der Waals surface area contributed by atoms with Gasteiger partial charge < -0.3 is 14.4 Å². The lowest BCUT2D eigenvalue weighted by molar-refractivity contribution is -0.245. The molecular weight excluding hydrogens is 478 g/mol. The molecule has 0 radical (unpaired) electrons. The molecule has 0 saturated heterocycles. The van der Waals surface area contributed by atoms with Crippen LogP contribution in [0.4, 0.5) is 0 Å². The van der Waals surface area contributed by atoms with Crippen molar-refractivity contribution >= 4 is 17.7 Å². The molecule has 0 spiro atoms. The van der Waals surface area contributed by atoms with E-state index in [-0.39, 0.29) is 47.3 Å². The van der Waals surface area contributed by atoms with E-state index in [2.05, 4.69) is 32.8 Å². The summed E-state index contributed by atoms with van der Waals surface area (Å²) in [5.41, 5.74) is 1.60. The van der Waals surface area contributed by atoms with Crippen molar-refractivity contribution in [1.29, 1.82) is 0 Å². The minimum Gasteiger partial charge on any atom is -0.458 e. The summed E-state index contributed by atoms with van der Waals surface area (Å²) in [4.78, 5) is 41.4. The molecule has 4 aliphatic carbocycles. The first kappa shape index (κ1) is 29.3. The SMILES string of the molecule is CC(=O)OC1C(OC(=O)CC(C)=C(C)C)C2C(CCC3CC(N(C)C)CCC32C)C2CCC(C(C)=O)C21C. The van der Waals surface area contributed by atoms with E-state index >= 15 is 0 Å². The molecule has 10 unspecified atom stereocenters. The van der Waals surface area contributed by atoms with Gasteiger partial charge in [-0.25, -0.2) is 0 Å². The smallest absolute Gasteiger partial charge is 0.310 e. The molecule has 4 fully saturated rings. The van der Waals surface area contributed by atoms with Crippen molar-refractivity contribution < 1.29 is 23.9 Å². The van der Waals surface area contributed by atoms with Crippen LogP contribution in [0.25, 0.3) is 0 Å². The highest BCUT2D eigenvalue weighted by molar-refractivity contribution is 5.80. The molecule has 38 heavy (non-hydrogen) atoms. The molecule has 10 atom stereocenters. The Morgan fingerprint density at radius 2 is 1.58 bits per heavy atom. The highest BCUT2D eigenvalue weighted by atomic mass is 16.6. The van der Waals surface area contributed by atoms with Crippen LogP contribution in [0.5, 0.6) is 0 Å². The molecule has 214 valence electrons. The number of hydrogen-bond acceptors (Lipinski definition) is 6. The van der Waals surface area contributed by atoms with Crippen molar-refractivity contribution in [2.75, 3.05) is 14.1 Å². The number of esters is 2. The monoisotopic (exact) mass is 529 g/mol. The predicted octanol–water partition coefficient (Wildman–Crippen LogP) is 5.97. The number of ether oxygens (including phenoxy) is 2. The molecule has 6 heteroatoms. The van der Waals surface area contributed by atoms with Crippen molar-refractivity contribution in [3.63, 3.8) is 0 Å². The normalized spacial score (nSPS) is 41.9. The Morgan fingerprint density at radius 1 is 0.895 bits per heavy atom. The molecule has 0 bridgehead atoms. The highest BCUT2D eigenvalue weighted by Gasteiger charge is 2.69. The van der Waals surface area contributed by atoms with Gasteiger partial charge in [0.1, 0.15) is 18.0 Å². The van der Waals surface area contributed by atoms with E-state index in [0.717, 1.165) is 49.7 Å². The van der Waals surface area contributed by atoms with E-state index in [0.29, 0.717) is 17.9 Å². The predicted molar refractivity (Wildman–Crippen MR) is 148 cm³/mol. The fourth-order valence-electron chi connectivity index (χ4n) is 9.47. The molecule has 0 aromatic rings. The fraction of sp³-hybridized carbons (Fsp3) is 0.844. The summed E-state index contributed by atoms with van der Waals surface area (Å²) in [7, 11) is 4.36. The minimum absolute atomic E-state index is 0.0000302. The van der Waals surface area contributed by atoms with Gasteiger partial charge in [-0.3, -0.25) is 14.4 Å². The topological polar surface area (TPSA) is 72.9 Å². The van der Waals surface area contributed by atoms with E-state index in [1.165, 1.54) is 13.3 Å². The number of hydrogen-bond donors (Lipinski definition) is 0. The molecule has 4 rings (SSSR count). The number of allylic oxidation sites excluding steroid dienone is 1. The summed E-state index contributed by atoms with van der Waals surface area (Å²) in [6.07, 6.45) is 6.50. The lowest BCUT2D eigenvalue weighted by Gasteiger charge is -2.64. The molecule has 0 amide bonds. The van der Waals surface area contributed by atoms with Gasteiger partial charge in [0.05, 0.1) is 6.42 Å². The lowest BCUT2D eigenvalue weighted by atomic mass is 9.43. The van der Waals surface area contributed by atoms with Crippen molar-refractivity contribution in [2.24, 2.45) is 40.4 Å². The van der Waals surface area contributed by atoms with Gasteiger partial charge in [0, 0.05) is 30.2 Å². The van der Waals surface area contributed by atoms with Gasteiger partial charge in [0.2, 0.25) is 0 Å². The van der Waals surface area contributed by atoms with Gasteiger partial charge >= 0.3 is 11.9 Å². The first-order chi connectivity index (χ1) is 17.7. The Balaban J connectivity index is 1.81. The number of Topliss-reactive ketones (excluding diaryl/α,β-unsaturated/α-hetero) is 1. The standard InChI is InChI=1S/C32H51NO5/c1-18(2)19(3)16-27(36)38-29-28-24(11-10-22-17-23(33(8)9)14-15-31(22,28)6)26-13-12-25(20(4)34)32(26,7)30(29)37-21(5)35/h22-26,28-30H,10-17H2,1-9H3. The van der Waals surface area contributed by atoms with Crippen molar-refractivity contribution in [3.05, 3.63) is 11.1 Å². The van der Waals surface area contributed by atoms with Crippen LogP contribution in [0.2, 0.25) is 0 Å². The number of carbonyl (C=O) groups is 3. The maximum atomic E-state index is 13.5. The van der Waals surface area contributed by atoms with Crippen LogP contribution < -0.4 is 0 Å². The summed E-state index contributed by atoms with van der Waals surface area (Å²) < 4.78 is 12.7. The molecule has 0 aromatic heterocycles. The molecule has 4 aliphatic rings. The average molecular weight is 530 g/mol. The Bertz CT molecular complexity index is 982. The molecule has 0 aliphatic heterocycles. The van der Waals surface area contributed by atoms with Crippen LogP contribution in [0.1, 0.15) is 99.8 Å². The summed E-state index contributed by atoms with van der Waals surface area (Å²) >= 11 is 0. The van der Waals surface area contributed by atoms with Crippen LogP contribution in [-0.2, 0) is 23.9 Å².